The second kappa shape index (κ2) is 23.0. The molecular formula is C88H56B2O6. The quantitative estimate of drug-likeness (QED) is 0.0777. The minimum atomic E-state index is -1.53. The highest BCUT2D eigenvalue weighted by Gasteiger charge is 2.25. The summed E-state index contributed by atoms with van der Waals surface area (Å²) in [6.07, 6.45) is 0. The third-order valence-corrected chi connectivity index (χ3v) is 19.6. The van der Waals surface area contributed by atoms with Crippen molar-refractivity contribution < 1.29 is 28.9 Å². The van der Waals surface area contributed by atoms with Gasteiger partial charge in [0, 0.05) is 32.3 Å². The van der Waals surface area contributed by atoms with Gasteiger partial charge in [0.2, 0.25) is 0 Å². The average molecular weight is 1230 g/mol. The van der Waals surface area contributed by atoms with E-state index in [-0.39, 0.29) is 0 Å². The smallest absolute Gasteiger partial charge is 0.455 e. The molecule has 6 nitrogen and oxygen atoms in total. The van der Waals surface area contributed by atoms with E-state index < -0.39 is 14.2 Å². The Balaban J connectivity index is 0.000000113. The van der Waals surface area contributed by atoms with Crippen molar-refractivity contribution in [3.63, 3.8) is 0 Å². The van der Waals surface area contributed by atoms with Gasteiger partial charge in [-0.1, -0.05) is 297 Å². The first-order valence-corrected chi connectivity index (χ1v) is 32.4. The molecule has 0 spiro atoms. The van der Waals surface area contributed by atoms with E-state index >= 15 is 0 Å². The van der Waals surface area contributed by atoms with Gasteiger partial charge in [0.05, 0.1) is 0 Å². The summed E-state index contributed by atoms with van der Waals surface area (Å²) in [6.45, 7) is 0. The molecule has 96 heavy (non-hydrogen) atoms. The third-order valence-electron chi connectivity index (χ3n) is 19.6. The average Bonchev–Trinajstić information content (AvgIpc) is 1.42. The lowest BCUT2D eigenvalue weighted by Gasteiger charge is -2.18. The van der Waals surface area contributed by atoms with Crippen LogP contribution in [0.3, 0.4) is 0 Å². The Bertz CT molecular complexity index is 6440. The van der Waals surface area contributed by atoms with Crippen molar-refractivity contribution in [3.05, 3.63) is 315 Å². The predicted octanol–water partition coefficient (Wildman–Crippen LogP) is 20.8. The summed E-state index contributed by atoms with van der Waals surface area (Å²) in [4.78, 5) is 0. The van der Waals surface area contributed by atoms with Gasteiger partial charge in [0.1, 0.15) is 22.3 Å². The van der Waals surface area contributed by atoms with Crippen molar-refractivity contribution in [3.8, 4) is 33.4 Å². The molecule has 0 aliphatic heterocycles. The van der Waals surface area contributed by atoms with Crippen LogP contribution in [0.25, 0.3) is 185 Å². The van der Waals surface area contributed by atoms with E-state index in [2.05, 4.69) is 231 Å². The number of hydrogen-bond acceptors (Lipinski definition) is 6. The Morgan fingerprint density at radius 2 is 0.531 bits per heavy atom. The summed E-state index contributed by atoms with van der Waals surface area (Å²) in [5.41, 5.74) is 11.6. The van der Waals surface area contributed by atoms with Gasteiger partial charge >= 0.3 is 14.2 Å². The SMILES string of the molecule is OB(O)c1c2ccccc2c(-c2cccc3ccccc23)c2ccccc12.OB(O)c1ccc2c(c1)oc1c3ccccc3c3ccccc3c21.c1ccc2c(-c3c4ccccc4c(-c4ccc5c(c4)oc4c6ccccc6c6ccccc6c54)c4ccccc34)cccc2c1. The van der Waals surface area contributed by atoms with Gasteiger partial charge in [-0.15, -0.1) is 0 Å². The maximum absolute atomic E-state index is 10.1. The molecule has 2 aromatic heterocycles. The van der Waals surface area contributed by atoms with Gasteiger partial charge < -0.3 is 28.9 Å². The third kappa shape index (κ3) is 9.07. The summed E-state index contributed by atoms with van der Waals surface area (Å²) < 4.78 is 12.9. The molecular weight excluding hydrogens is 1170 g/mol. The molecule has 450 valence electrons. The summed E-state index contributed by atoms with van der Waals surface area (Å²) in [6, 6.07) is 110. The van der Waals surface area contributed by atoms with Gasteiger partial charge in [-0.3, -0.25) is 0 Å². The monoisotopic (exact) mass is 1230 g/mol. The van der Waals surface area contributed by atoms with Crippen LogP contribution in [0.4, 0.5) is 0 Å². The fourth-order valence-corrected chi connectivity index (χ4v) is 15.5. The van der Waals surface area contributed by atoms with Crippen LogP contribution in [0.5, 0.6) is 0 Å². The predicted molar refractivity (Wildman–Crippen MR) is 405 cm³/mol. The number of hydrogen-bond donors (Lipinski definition) is 4. The molecule has 0 fully saturated rings. The van der Waals surface area contributed by atoms with Crippen LogP contribution in [0.1, 0.15) is 0 Å². The van der Waals surface area contributed by atoms with Crippen molar-refractivity contribution in [1.29, 1.82) is 0 Å². The number of furan rings is 2. The maximum atomic E-state index is 10.1. The van der Waals surface area contributed by atoms with E-state index in [1.165, 1.54) is 86.7 Å². The summed E-state index contributed by atoms with van der Waals surface area (Å²) in [5.74, 6) is 0. The molecule has 0 saturated heterocycles. The zero-order chi connectivity index (χ0) is 64.1. The van der Waals surface area contributed by atoms with E-state index in [4.69, 9.17) is 8.83 Å². The standard InChI is InChI=1S/C44H26O.C24H17BO2.C20H13BO3/c1-2-14-29-27(12-1)13-11-23-32(29)42-36-20-8-6-18-34(36)41(35-19-7-9-21-37(35)42)28-24-25-39-40(26-28)45-44-38-22-10-4-16-31(38)30-15-3-5-17-33(30)43(39)44;26-25(27)24-21-13-5-3-11-19(21)23(20-12-4-6-14-22(20)24)18-15-7-9-16-8-1-2-10-17(16)18;22-21(23)12-9-10-17-18(11-12)24-20-16-8-4-2-6-14(16)13-5-1-3-7-15(13)19(17)20/h1-26H;1-15,26-27H;1-11,22-23H. The van der Waals surface area contributed by atoms with Gasteiger partial charge in [0.15, 0.2) is 0 Å². The fourth-order valence-electron chi connectivity index (χ4n) is 15.5. The molecule has 4 N–H and O–H groups in total. The topological polar surface area (TPSA) is 107 Å². The Morgan fingerprint density at radius 3 is 0.948 bits per heavy atom. The first-order chi connectivity index (χ1) is 47.3. The van der Waals surface area contributed by atoms with E-state index in [0.29, 0.717) is 16.5 Å². The van der Waals surface area contributed by atoms with Crippen molar-refractivity contribution in [1.82, 2.24) is 0 Å². The molecule has 0 aliphatic rings. The van der Waals surface area contributed by atoms with Crippen LogP contribution in [-0.2, 0) is 0 Å². The van der Waals surface area contributed by atoms with Crippen molar-refractivity contribution in [2.75, 3.05) is 0 Å². The van der Waals surface area contributed by atoms with Crippen molar-refractivity contribution in [2.45, 2.75) is 0 Å². The second-order valence-corrected chi connectivity index (χ2v) is 24.8. The van der Waals surface area contributed by atoms with E-state index in [9.17, 15) is 20.1 Å². The minimum absolute atomic E-state index is 0.426. The van der Waals surface area contributed by atoms with Crippen molar-refractivity contribution >= 4 is 177 Å². The molecule has 8 heteroatoms. The molecule has 0 bridgehead atoms. The van der Waals surface area contributed by atoms with E-state index in [0.717, 1.165) is 92.7 Å². The van der Waals surface area contributed by atoms with Gasteiger partial charge in [-0.2, -0.15) is 0 Å². The lowest BCUT2D eigenvalue weighted by atomic mass is 9.72. The lowest BCUT2D eigenvalue weighted by molar-refractivity contribution is 0.425. The summed E-state index contributed by atoms with van der Waals surface area (Å²) in [7, 11) is -3.03. The number of benzene rings is 18. The minimum Gasteiger partial charge on any atom is -0.455 e. The van der Waals surface area contributed by atoms with Crippen LogP contribution in [-0.4, -0.2) is 34.3 Å². The Hall–Kier alpha value is -11.9. The van der Waals surface area contributed by atoms with Crippen molar-refractivity contribution in [2.24, 2.45) is 0 Å². The molecule has 0 unspecified atom stereocenters. The summed E-state index contributed by atoms with van der Waals surface area (Å²) in [5, 5.41) is 66.5. The molecule has 0 radical (unpaired) electrons. The Labute approximate surface area is 551 Å². The zero-order valence-electron chi connectivity index (χ0n) is 51.8. The van der Waals surface area contributed by atoms with Crippen LogP contribution in [0.2, 0.25) is 0 Å². The molecule has 20 rings (SSSR count). The molecule has 0 atom stereocenters. The number of fused-ring (bicyclic) bond motifs is 22. The van der Waals surface area contributed by atoms with Crippen LogP contribution < -0.4 is 10.9 Å². The van der Waals surface area contributed by atoms with Gasteiger partial charge in [0.25, 0.3) is 0 Å². The second-order valence-electron chi connectivity index (χ2n) is 24.8. The van der Waals surface area contributed by atoms with E-state index in [1.54, 1.807) is 12.1 Å². The molecule has 0 amide bonds. The van der Waals surface area contributed by atoms with Crippen LogP contribution in [0, 0.1) is 0 Å². The largest absolute Gasteiger partial charge is 0.489 e. The molecule has 0 saturated carbocycles. The fraction of sp³-hybridized carbons (Fsp3) is 0. The first kappa shape index (κ1) is 56.8. The maximum Gasteiger partial charge on any atom is 0.489 e. The highest BCUT2D eigenvalue weighted by molar-refractivity contribution is 6.66. The highest BCUT2D eigenvalue weighted by Crippen LogP contribution is 2.48. The van der Waals surface area contributed by atoms with Crippen LogP contribution >= 0.6 is 0 Å². The molecule has 2 heterocycles. The molecule has 18 aromatic carbocycles. The van der Waals surface area contributed by atoms with Gasteiger partial charge in [-0.05, 0) is 159 Å². The first-order valence-electron chi connectivity index (χ1n) is 32.4. The lowest BCUT2D eigenvalue weighted by Crippen LogP contribution is -2.31. The van der Waals surface area contributed by atoms with Gasteiger partial charge in [-0.25, -0.2) is 0 Å². The Kier molecular flexibility index (Phi) is 13.6. The summed E-state index contributed by atoms with van der Waals surface area (Å²) >= 11 is 0. The highest BCUT2D eigenvalue weighted by atomic mass is 16.4. The van der Waals surface area contributed by atoms with E-state index in [1.807, 2.05) is 72.8 Å². The zero-order valence-corrected chi connectivity index (χ0v) is 51.8. The molecule has 0 aliphatic carbocycles. The molecule has 20 aromatic rings. The number of rotatable bonds is 5. The Morgan fingerprint density at radius 1 is 0.219 bits per heavy atom. The normalized spacial score (nSPS) is 11.8. The van der Waals surface area contributed by atoms with Crippen LogP contribution in [0.15, 0.2) is 324 Å².